The third kappa shape index (κ3) is 4.18. The summed E-state index contributed by atoms with van der Waals surface area (Å²) in [5.41, 5.74) is -1.76. The lowest BCUT2D eigenvalue weighted by Gasteiger charge is -2.11. The second kappa shape index (κ2) is 6.52. The first-order valence-electron chi connectivity index (χ1n) is 6.36. The van der Waals surface area contributed by atoms with Gasteiger partial charge in [-0.25, -0.2) is 9.18 Å². The van der Waals surface area contributed by atoms with Crippen molar-refractivity contribution in [3.8, 4) is 0 Å². The lowest BCUT2D eigenvalue weighted by Crippen LogP contribution is -2.20. The van der Waals surface area contributed by atoms with Gasteiger partial charge in [0, 0.05) is 23.5 Å². The van der Waals surface area contributed by atoms with Crippen LogP contribution >= 0.6 is 0 Å². The van der Waals surface area contributed by atoms with E-state index in [2.05, 4.69) is 10.6 Å². The number of hydrogen-bond acceptors (Lipinski definition) is 3. The van der Waals surface area contributed by atoms with Crippen LogP contribution in [-0.2, 0) is 6.18 Å². The molecule has 0 spiro atoms. The minimum absolute atomic E-state index is 0.186. The highest BCUT2D eigenvalue weighted by molar-refractivity contribution is 5.99. The molecule has 0 heterocycles. The highest BCUT2D eigenvalue weighted by Crippen LogP contribution is 2.33. The number of carbonyl (C=O) groups is 1. The maximum atomic E-state index is 13.1. The topological polar surface area (TPSA) is 84.3 Å². The first-order valence-corrected chi connectivity index (χ1v) is 6.36. The first-order chi connectivity index (χ1) is 11.2. The predicted octanol–water partition coefficient (Wildman–Crippen LogP) is 4.40. The molecule has 0 saturated heterocycles. The summed E-state index contributed by atoms with van der Waals surface area (Å²) in [5, 5.41) is 14.9. The van der Waals surface area contributed by atoms with Crippen molar-refractivity contribution in [2.75, 3.05) is 10.6 Å². The third-order valence-corrected chi connectivity index (χ3v) is 2.87. The number of alkyl halides is 3. The van der Waals surface area contributed by atoms with E-state index in [4.69, 9.17) is 0 Å². The van der Waals surface area contributed by atoms with Crippen LogP contribution in [0.25, 0.3) is 0 Å². The predicted molar refractivity (Wildman–Crippen MR) is 77.1 cm³/mol. The zero-order valence-corrected chi connectivity index (χ0v) is 11.7. The average molecular weight is 343 g/mol. The normalized spacial score (nSPS) is 11.0. The fraction of sp³-hybridized carbons (Fsp3) is 0.0714. The number of anilines is 2. The molecule has 2 amide bonds. The Morgan fingerprint density at radius 3 is 2.08 bits per heavy atom. The largest absolute Gasteiger partial charge is 0.419 e. The Hall–Kier alpha value is -3.17. The van der Waals surface area contributed by atoms with Crippen LogP contribution in [0, 0.1) is 15.9 Å². The van der Waals surface area contributed by atoms with Gasteiger partial charge in [0.25, 0.3) is 5.69 Å². The smallest absolute Gasteiger partial charge is 0.308 e. The number of rotatable bonds is 3. The van der Waals surface area contributed by atoms with E-state index < -0.39 is 28.5 Å². The Bertz CT molecular complexity index is 776. The number of nitro groups is 1. The maximum absolute atomic E-state index is 13.1. The summed E-state index contributed by atoms with van der Waals surface area (Å²) >= 11 is 0. The molecule has 6 nitrogen and oxygen atoms in total. The maximum Gasteiger partial charge on any atom is 0.419 e. The molecule has 0 unspecified atom stereocenters. The molecule has 2 rings (SSSR count). The molecule has 0 atom stereocenters. The number of nitrogens with zero attached hydrogens (tertiary/aromatic N) is 1. The van der Waals surface area contributed by atoms with Crippen molar-refractivity contribution in [1.29, 1.82) is 0 Å². The SMILES string of the molecule is O=C(Nc1ccc([N+](=O)[O-])cc1)Nc1ccc(F)c(C(F)(F)F)c1. The average Bonchev–Trinajstić information content (AvgIpc) is 2.48. The number of amides is 2. The van der Waals surface area contributed by atoms with E-state index in [0.717, 1.165) is 18.2 Å². The number of benzene rings is 2. The molecule has 0 aromatic heterocycles. The summed E-state index contributed by atoms with van der Waals surface area (Å²) in [4.78, 5) is 21.6. The van der Waals surface area contributed by atoms with Gasteiger partial charge < -0.3 is 10.6 Å². The van der Waals surface area contributed by atoms with Gasteiger partial charge in [0.1, 0.15) is 5.82 Å². The number of urea groups is 1. The van der Waals surface area contributed by atoms with Crippen LogP contribution in [0.2, 0.25) is 0 Å². The van der Waals surface area contributed by atoms with Crippen LogP contribution in [-0.4, -0.2) is 11.0 Å². The van der Waals surface area contributed by atoms with Crippen LogP contribution in [0.5, 0.6) is 0 Å². The van der Waals surface area contributed by atoms with E-state index in [-0.39, 0.29) is 17.1 Å². The van der Waals surface area contributed by atoms with Gasteiger partial charge in [-0.2, -0.15) is 13.2 Å². The Morgan fingerprint density at radius 2 is 1.54 bits per heavy atom. The van der Waals surface area contributed by atoms with E-state index in [1.165, 1.54) is 12.1 Å². The zero-order valence-electron chi connectivity index (χ0n) is 11.7. The molecule has 0 aliphatic heterocycles. The van der Waals surface area contributed by atoms with Crippen LogP contribution < -0.4 is 10.6 Å². The molecule has 0 aliphatic rings. The van der Waals surface area contributed by atoms with Crippen molar-refractivity contribution in [2.45, 2.75) is 6.18 Å². The molecule has 2 aromatic rings. The van der Waals surface area contributed by atoms with Gasteiger partial charge >= 0.3 is 12.2 Å². The molecule has 0 fully saturated rings. The molecular formula is C14H9F4N3O3. The van der Waals surface area contributed by atoms with E-state index in [1.807, 2.05) is 0 Å². The van der Waals surface area contributed by atoms with Crippen molar-refractivity contribution in [1.82, 2.24) is 0 Å². The quantitative estimate of drug-likeness (QED) is 0.492. The number of nitro benzene ring substituents is 1. The molecule has 24 heavy (non-hydrogen) atoms. The van der Waals surface area contributed by atoms with Crippen molar-refractivity contribution in [3.63, 3.8) is 0 Å². The molecule has 0 aliphatic carbocycles. The molecule has 2 N–H and O–H groups in total. The summed E-state index contributed by atoms with van der Waals surface area (Å²) in [6.45, 7) is 0. The third-order valence-electron chi connectivity index (χ3n) is 2.87. The summed E-state index contributed by atoms with van der Waals surface area (Å²) in [6, 6.07) is 5.94. The van der Waals surface area contributed by atoms with Crippen molar-refractivity contribution in [2.24, 2.45) is 0 Å². The molecule has 10 heteroatoms. The summed E-state index contributed by atoms with van der Waals surface area (Å²) in [6.07, 6.45) is -4.89. The van der Waals surface area contributed by atoms with E-state index >= 15 is 0 Å². The molecule has 0 saturated carbocycles. The summed E-state index contributed by atoms with van der Waals surface area (Å²) in [5.74, 6) is -1.45. The van der Waals surface area contributed by atoms with Gasteiger partial charge in [0.15, 0.2) is 0 Å². The van der Waals surface area contributed by atoms with Gasteiger partial charge in [-0.15, -0.1) is 0 Å². The Labute approximate surface area is 132 Å². The van der Waals surface area contributed by atoms with Crippen molar-refractivity contribution in [3.05, 3.63) is 64.0 Å². The summed E-state index contributed by atoms with van der Waals surface area (Å²) < 4.78 is 50.9. The van der Waals surface area contributed by atoms with Crippen molar-refractivity contribution >= 4 is 23.1 Å². The minimum atomic E-state index is -4.89. The van der Waals surface area contributed by atoms with E-state index in [9.17, 15) is 32.5 Å². The summed E-state index contributed by atoms with van der Waals surface area (Å²) in [7, 11) is 0. The van der Waals surface area contributed by atoms with Crippen LogP contribution in [0.15, 0.2) is 42.5 Å². The van der Waals surface area contributed by atoms with Crippen LogP contribution in [0.1, 0.15) is 5.56 Å². The van der Waals surface area contributed by atoms with Gasteiger partial charge in [-0.1, -0.05) is 0 Å². The minimum Gasteiger partial charge on any atom is -0.308 e. The van der Waals surface area contributed by atoms with Crippen LogP contribution in [0.4, 0.5) is 39.4 Å². The van der Waals surface area contributed by atoms with E-state index in [1.54, 1.807) is 0 Å². The van der Waals surface area contributed by atoms with Gasteiger partial charge in [-0.05, 0) is 30.3 Å². The van der Waals surface area contributed by atoms with Gasteiger partial charge in [0.05, 0.1) is 10.5 Å². The highest BCUT2D eigenvalue weighted by Gasteiger charge is 2.34. The van der Waals surface area contributed by atoms with Gasteiger partial charge in [-0.3, -0.25) is 10.1 Å². The Balaban J connectivity index is 2.08. The van der Waals surface area contributed by atoms with Crippen molar-refractivity contribution < 1.29 is 27.3 Å². The molecule has 2 aromatic carbocycles. The Kier molecular flexibility index (Phi) is 4.67. The Morgan fingerprint density at radius 1 is 1.00 bits per heavy atom. The number of carbonyl (C=O) groups excluding carboxylic acids is 1. The standard InChI is InChI=1S/C14H9F4N3O3/c15-12-6-3-9(7-11(12)14(16,17)18)20-13(22)19-8-1-4-10(5-2-8)21(23)24/h1-7H,(H2,19,20,22). The molecule has 126 valence electrons. The monoisotopic (exact) mass is 343 g/mol. The number of halogens is 4. The van der Waals surface area contributed by atoms with E-state index in [0.29, 0.717) is 12.1 Å². The van der Waals surface area contributed by atoms with Crippen LogP contribution in [0.3, 0.4) is 0 Å². The zero-order chi connectivity index (χ0) is 17.9. The second-order valence-electron chi connectivity index (χ2n) is 4.58. The number of hydrogen-bond donors (Lipinski definition) is 2. The number of non-ortho nitro benzene ring substituents is 1. The van der Waals surface area contributed by atoms with Gasteiger partial charge in [0.2, 0.25) is 0 Å². The second-order valence-corrected chi connectivity index (χ2v) is 4.58. The lowest BCUT2D eigenvalue weighted by atomic mass is 10.2. The molecule has 0 radical (unpaired) electrons. The molecule has 0 bridgehead atoms. The fourth-order valence-electron chi connectivity index (χ4n) is 1.78. The highest BCUT2D eigenvalue weighted by atomic mass is 19.4. The molecular weight excluding hydrogens is 334 g/mol. The number of nitrogens with one attached hydrogen (secondary N) is 2. The first kappa shape index (κ1) is 17.2. The fourth-order valence-corrected chi connectivity index (χ4v) is 1.78. The lowest BCUT2D eigenvalue weighted by molar-refractivity contribution is -0.384.